The highest BCUT2D eigenvalue weighted by molar-refractivity contribution is 5.79. The lowest BCUT2D eigenvalue weighted by Crippen LogP contribution is -2.41. The Balaban J connectivity index is 1.70. The molecule has 1 amide bonds. The Labute approximate surface area is 145 Å². The molecule has 0 saturated carbocycles. The van der Waals surface area contributed by atoms with Gasteiger partial charge in [0.25, 0.3) is 0 Å². The fourth-order valence-corrected chi connectivity index (χ4v) is 3.29. The summed E-state index contributed by atoms with van der Waals surface area (Å²) in [7, 11) is 0. The van der Waals surface area contributed by atoms with Gasteiger partial charge in [-0.2, -0.15) is 0 Å². The Morgan fingerprint density at radius 3 is 2.54 bits per heavy atom. The van der Waals surface area contributed by atoms with Crippen LogP contribution >= 0.6 is 0 Å². The number of anilines is 1. The number of amides is 1. The number of halogens is 1. The third-order valence-corrected chi connectivity index (χ3v) is 4.90. The lowest BCUT2D eigenvalue weighted by atomic mass is 9.95. The van der Waals surface area contributed by atoms with E-state index in [9.17, 15) is 9.18 Å². The minimum Gasteiger partial charge on any atom is -0.369 e. The molecule has 0 radical (unpaired) electrons. The number of para-hydroxylation sites is 1. The second-order valence-electron chi connectivity index (χ2n) is 6.38. The van der Waals surface area contributed by atoms with Gasteiger partial charge in [-0.25, -0.2) is 4.39 Å². The van der Waals surface area contributed by atoms with E-state index in [4.69, 9.17) is 0 Å². The van der Waals surface area contributed by atoms with Crippen LogP contribution in [0.15, 0.2) is 24.3 Å². The molecular formula is C19H30FN3O. The molecule has 1 heterocycles. The van der Waals surface area contributed by atoms with Crippen LogP contribution < -0.4 is 10.2 Å². The van der Waals surface area contributed by atoms with E-state index in [0.29, 0.717) is 5.69 Å². The van der Waals surface area contributed by atoms with E-state index in [1.807, 2.05) is 17.0 Å². The average Bonchev–Trinajstić information content (AvgIpc) is 2.62. The van der Waals surface area contributed by atoms with E-state index in [-0.39, 0.29) is 17.6 Å². The van der Waals surface area contributed by atoms with Crippen molar-refractivity contribution in [1.29, 1.82) is 0 Å². The van der Waals surface area contributed by atoms with Gasteiger partial charge in [0.1, 0.15) is 5.82 Å². The second-order valence-corrected chi connectivity index (χ2v) is 6.38. The van der Waals surface area contributed by atoms with E-state index in [2.05, 4.69) is 24.1 Å². The van der Waals surface area contributed by atoms with E-state index in [1.165, 1.54) is 6.07 Å². The van der Waals surface area contributed by atoms with Crippen LogP contribution in [0.1, 0.15) is 33.1 Å². The summed E-state index contributed by atoms with van der Waals surface area (Å²) < 4.78 is 13.8. The van der Waals surface area contributed by atoms with Crippen LogP contribution in [0.4, 0.5) is 10.1 Å². The zero-order valence-corrected chi connectivity index (χ0v) is 14.9. The molecule has 1 aromatic carbocycles. The predicted molar refractivity (Wildman–Crippen MR) is 96.8 cm³/mol. The van der Waals surface area contributed by atoms with Crippen molar-refractivity contribution >= 4 is 11.6 Å². The monoisotopic (exact) mass is 335 g/mol. The number of carbonyl (C=O) groups excluding carboxylic acids is 1. The zero-order valence-electron chi connectivity index (χ0n) is 14.9. The van der Waals surface area contributed by atoms with Gasteiger partial charge < -0.3 is 15.1 Å². The smallest absolute Gasteiger partial charge is 0.223 e. The maximum Gasteiger partial charge on any atom is 0.223 e. The van der Waals surface area contributed by atoms with E-state index < -0.39 is 0 Å². The Kier molecular flexibility index (Phi) is 7.50. The van der Waals surface area contributed by atoms with Gasteiger partial charge in [-0.05, 0) is 51.0 Å². The molecule has 24 heavy (non-hydrogen) atoms. The summed E-state index contributed by atoms with van der Waals surface area (Å²) in [6.07, 6.45) is 2.56. The van der Waals surface area contributed by atoms with Crippen LogP contribution in [0.2, 0.25) is 0 Å². The molecule has 0 atom stereocenters. The number of nitrogens with zero attached hydrogens (tertiary/aromatic N) is 2. The van der Waals surface area contributed by atoms with Gasteiger partial charge in [-0.3, -0.25) is 4.79 Å². The highest BCUT2D eigenvalue weighted by Crippen LogP contribution is 2.25. The summed E-state index contributed by atoms with van der Waals surface area (Å²) in [5.74, 6) is 0.0287. The standard InChI is InChI=1S/C19H30FN3O/c1-3-22(4-2)13-7-12-21-19(24)16-10-14-23(15-11-16)18-9-6-5-8-17(18)20/h5-6,8-9,16H,3-4,7,10-15H2,1-2H3,(H,21,24). The van der Waals surface area contributed by atoms with Gasteiger partial charge in [0, 0.05) is 25.6 Å². The maximum atomic E-state index is 13.8. The van der Waals surface area contributed by atoms with Crippen molar-refractivity contribution in [2.45, 2.75) is 33.1 Å². The highest BCUT2D eigenvalue weighted by Gasteiger charge is 2.25. The van der Waals surface area contributed by atoms with Crippen molar-refractivity contribution in [2.75, 3.05) is 44.2 Å². The summed E-state index contributed by atoms with van der Waals surface area (Å²) >= 11 is 0. The number of nitrogens with one attached hydrogen (secondary N) is 1. The SMILES string of the molecule is CCN(CC)CCCNC(=O)C1CCN(c2ccccc2F)CC1. The molecule has 5 heteroatoms. The van der Waals surface area contributed by atoms with Crippen molar-refractivity contribution in [3.05, 3.63) is 30.1 Å². The fourth-order valence-electron chi connectivity index (χ4n) is 3.29. The van der Waals surface area contributed by atoms with Crippen LogP contribution in [0.3, 0.4) is 0 Å². The van der Waals surface area contributed by atoms with Gasteiger partial charge in [0.05, 0.1) is 5.69 Å². The van der Waals surface area contributed by atoms with Crippen molar-refractivity contribution in [3.63, 3.8) is 0 Å². The minimum absolute atomic E-state index is 0.0569. The van der Waals surface area contributed by atoms with Gasteiger partial charge >= 0.3 is 0 Å². The Hall–Kier alpha value is -1.62. The Morgan fingerprint density at radius 1 is 1.25 bits per heavy atom. The van der Waals surface area contributed by atoms with E-state index in [0.717, 1.165) is 58.5 Å². The van der Waals surface area contributed by atoms with E-state index in [1.54, 1.807) is 6.07 Å². The number of rotatable bonds is 8. The lowest BCUT2D eigenvalue weighted by Gasteiger charge is -2.33. The molecule has 1 saturated heterocycles. The predicted octanol–water partition coefficient (Wildman–Crippen LogP) is 2.89. The molecule has 2 rings (SSSR count). The molecule has 1 aliphatic rings. The molecular weight excluding hydrogens is 305 g/mol. The Bertz CT molecular complexity index is 511. The molecule has 0 spiro atoms. The third-order valence-electron chi connectivity index (χ3n) is 4.90. The third kappa shape index (κ3) is 5.20. The van der Waals surface area contributed by atoms with Crippen molar-refractivity contribution < 1.29 is 9.18 Å². The molecule has 1 aliphatic heterocycles. The molecule has 0 aromatic heterocycles. The Morgan fingerprint density at radius 2 is 1.92 bits per heavy atom. The van der Waals surface area contributed by atoms with Gasteiger partial charge in [0.2, 0.25) is 5.91 Å². The first-order chi connectivity index (χ1) is 11.7. The number of hydrogen-bond acceptors (Lipinski definition) is 3. The number of benzene rings is 1. The number of hydrogen-bond donors (Lipinski definition) is 1. The molecule has 1 aromatic rings. The van der Waals surface area contributed by atoms with Gasteiger partial charge in [-0.15, -0.1) is 0 Å². The second kappa shape index (κ2) is 9.62. The first-order valence-electron chi connectivity index (χ1n) is 9.15. The zero-order chi connectivity index (χ0) is 17.4. The van der Waals surface area contributed by atoms with Crippen LogP contribution in [-0.4, -0.2) is 50.1 Å². The quantitative estimate of drug-likeness (QED) is 0.742. The van der Waals surface area contributed by atoms with E-state index >= 15 is 0 Å². The summed E-state index contributed by atoms with van der Waals surface area (Å²) in [4.78, 5) is 16.7. The van der Waals surface area contributed by atoms with Crippen LogP contribution in [0.5, 0.6) is 0 Å². The molecule has 4 nitrogen and oxygen atoms in total. The molecule has 134 valence electrons. The first-order valence-corrected chi connectivity index (χ1v) is 9.15. The highest BCUT2D eigenvalue weighted by atomic mass is 19.1. The fraction of sp³-hybridized carbons (Fsp3) is 0.632. The number of piperidine rings is 1. The minimum atomic E-state index is -0.184. The lowest BCUT2D eigenvalue weighted by molar-refractivity contribution is -0.125. The summed E-state index contributed by atoms with van der Waals surface area (Å²) in [5, 5.41) is 3.06. The van der Waals surface area contributed by atoms with Crippen LogP contribution in [0.25, 0.3) is 0 Å². The average molecular weight is 335 g/mol. The maximum absolute atomic E-state index is 13.8. The van der Waals surface area contributed by atoms with Gasteiger partial charge in [0.15, 0.2) is 0 Å². The van der Waals surface area contributed by atoms with Crippen molar-refractivity contribution in [1.82, 2.24) is 10.2 Å². The molecule has 1 N–H and O–H groups in total. The normalized spacial score (nSPS) is 15.8. The molecule has 0 unspecified atom stereocenters. The van der Waals surface area contributed by atoms with Gasteiger partial charge in [-0.1, -0.05) is 26.0 Å². The summed E-state index contributed by atoms with van der Waals surface area (Å²) in [5.41, 5.74) is 0.649. The van der Waals surface area contributed by atoms with Crippen molar-refractivity contribution in [2.24, 2.45) is 5.92 Å². The molecule has 1 fully saturated rings. The summed E-state index contributed by atoms with van der Waals surface area (Å²) in [6, 6.07) is 6.86. The topological polar surface area (TPSA) is 35.6 Å². The molecule has 0 bridgehead atoms. The first kappa shape index (κ1) is 18.7. The number of carbonyl (C=O) groups is 1. The van der Waals surface area contributed by atoms with Crippen molar-refractivity contribution in [3.8, 4) is 0 Å². The largest absolute Gasteiger partial charge is 0.369 e. The van der Waals surface area contributed by atoms with Crippen LogP contribution in [-0.2, 0) is 4.79 Å². The van der Waals surface area contributed by atoms with Crippen LogP contribution in [0, 0.1) is 11.7 Å². The summed E-state index contributed by atoms with van der Waals surface area (Å²) in [6.45, 7) is 9.66. The molecule has 0 aliphatic carbocycles.